The molecule has 1 saturated carbocycles. The first-order valence-electron chi connectivity index (χ1n) is 8.29. The van der Waals surface area contributed by atoms with Crippen molar-refractivity contribution in [2.75, 3.05) is 14.2 Å². The minimum atomic E-state index is -1.08. The molecule has 3 rings (SSSR count). The highest BCUT2D eigenvalue weighted by molar-refractivity contribution is 5.89. The summed E-state index contributed by atoms with van der Waals surface area (Å²) in [7, 11) is 3.06. The summed E-state index contributed by atoms with van der Waals surface area (Å²) in [4.78, 5) is 12.4. The first-order chi connectivity index (χ1) is 11.9. The molecule has 7 nitrogen and oxygen atoms in total. The van der Waals surface area contributed by atoms with E-state index in [2.05, 4.69) is 0 Å². The van der Waals surface area contributed by atoms with Crippen LogP contribution in [0.1, 0.15) is 30.1 Å². The van der Waals surface area contributed by atoms with Gasteiger partial charge in [-0.3, -0.25) is 0 Å². The zero-order chi connectivity index (χ0) is 18.2. The van der Waals surface area contributed by atoms with Gasteiger partial charge in [-0.05, 0) is 31.2 Å². The molecule has 1 aromatic carbocycles. The fourth-order valence-corrected chi connectivity index (χ4v) is 3.98. The third-order valence-electron chi connectivity index (χ3n) is 5.17. The number of carbonyl (C=O) groups is 1. The zero-order valence-corrected chi connectivity index (χ0v) is 14.5. The van der Waals surface area contributed by atoms with Gasteiger partial charge in [0, 0.05) is 38.9 Å². The Morgan fingerprint density at radius 1 is 1.24 bits per heavy atom. The number of ether oxygens (including phenoxy) is 4. The first-order valence-corrected chi connectivity index (χ1v) is 8.29. The minimum Gasteiger partial charge on any atom is -0.508 e. The van der Waals surface area contributed by atoms with E-state index in [4.69, 9.17) is 18.9 Å². The molecule has 7 heteroatoms. The van der Waals surface area contributed by atoms with Gasteiger partial charge in [0.25, 0.3) is 0 Å². The van der Waals surface area contributed by atoms with Crippen LogP contribution in [0.5, 0.6) is 5.75 Å². The summed E-state index contributed by atoms with van der Waals surface area (Å²) in [6, 6.07) is 5.87. The van der Waals surface area contributed by atoms with Crippen LogP contribution in [-0.4, -0.2) is 54.7 Å². The van der Waals surface area contributed by atoms with Crippen LogP contribution in [0.2, 0.25) is 0 Å². The minimum absolute atomic E-state index is 0.0794. The second-order valence-corrected chi connectivity index (χ2v) is 6.88. The second kappa shape index (κ2) is 6.92. The van der Waals surface area contributed by atoms with Crippen LogP contribution in [0.3, 0.4) is 0 Å². The SMILES string of the molecule is COC1CC2C(OC(=O)c3ccc(O)cc3)CC(C)(O)C2C(OC)O1. The van der Waals surface area contributed by atoms with Gasteiger partial charge in [0.1, 0.15) is 11.9 Å². The van der Waals surface area contributed by atoms with Crippen molar-refractivity contribution in [1.82, 2.24) is 0 Å². The van der Waals surface area contributed by atoms with Crippen molar-refractivity contribution in [3.8, 4) is 5.75 Å². The van der Waals surface area contributed by atoms with Gasteiger partial charge in [0.05, 0.1) is 11.2 Å². The first kappa shape index (κ1) is 18.1. The van der Waals surface area contributed by atoms with E-state index < -0.39 is 30.3 Å². The Balaban J connectivity index is 1.79. The number of hydrogen-bond donors (Lipinski definition) is 2. The zero-order valence-electron chi connectivity index (χ0n) is 14.5. The lowest BCUT2D eigenvalue weighted by Gasteiger charge is -2.41. The quantitative estimate of drug-likeness (QED) is 0.796. The molecule has 1 aliphatic heterocycles. The number of fused-ring (bicyclic) bond motifs is 1. The lowest BCUT2D eigenvalue weighted by atomic mass is 9.82. The number of phenolic OH excluding ortho intramolecular Hbond substituents is 1. The number of aromatic hydroxyl groups is 1. The van der Waals surface area contributed by atoms with E-state index in [-0.39, 0.29) is 17.6 Å². The fourth-order valence-electron chi connectivity index (χ4n) is 3.98. The maximum Gasteiger partial charge on any atom is 0.338 e. The van der Waals surface area contributed by atoms with Gasteiger partial charge < -0.3 is 29.2 Å². The third kappa shape index (κ3) is 3.50. The van der Waals surface area contributed by atoms with Crippen molar-refractivity contribution >= 4 is 5.97 Å². The van der Waals surface area contributed by atoms with E-state index in [9.17, 15) is 15.0 Å². The van der Waals surface area contributed by atoms with Gasteiger partial charge in [-0.1, -0.05) is 0 Å². The Kier molecular flexibility index (Phi) is 5.02. The Bertz CT molecular complexity index is 612. The van der Waals surface area contributed by atoms with Crippen LogP contribution in [0.4, 0.5) is 0 Å². The Morgan fingerprint density at radius 3 is 2.52 bits per heavy atom. The largest absolute Gasteiger partial charge is 0.508 e. The maximum absolute atomic E-state index is 12.4. The molecule has 1 aliphatic carbocycles. The molecule has 25 heavy (non-hydrogen) atoms. The molecule has 1 heterocycles. The predicted molar refractivity (Wildman–Crippen MR) is 86.8 cm³/mol. The van der Waals surface area contributed by atoms with E-state index in [1.54, 1.807) is 14.0 Å². The molecular weight excluding hydrogens is 328 g/mol. The average molecular weight is 352 g/mol. The van der Waals surface area contributed by atoms with E-state index in [1.807, 2.05) is 0 Å². The molecule has 2 fully saturated rings. The summed E-state index contributed by atoms with van der Waals surface area (Å²) < 4.78 is 22.1. The van der Waals surface area contributed by atoms with E-state index in [1.165, 1.54) is 31.4 Å². The molecule has 0 aromatic heterocycles. The maximum atomic E-state index is 12.4. The van der Waals surface area contributed by atoms with Crippen molar-refractivity contribution in [3.63, 3.8) is 0 Å². The summed E-state index contributed by atoms with van der Waals surface area (Å²) in [6.07, 6.45) is -0.775. The number of rotatable bonds is 4. The van der Waals surface area contributed by atoms with Gasteiger partial charge in [0.15, 0.2) is 12.6 Å². The summed E-state index contributed by atoms with van der Waals surface area (Å²) in [5.74, 6) is -0.868. The summed E-state index contributed by atoms with van der Waals surface area (Å²) >= 11 is 0. The molecule has 6 atom stereocenters. The van der Waals surface area contributed by atoms with Crippen LogP contribution in [0.25, 0.3) is 0 Å². The number of aliphatic hydroxyl groups is 1. The van der Waals surface area contributed by atoms with Gasteiger partial charge in [-0.2, -0.15) is 0 Å². The average Bonchev–Trinajstić information content (AvgIpc) is 2.85. The number of benzene rings is 1. The molecule has 2 N–H and O–H groups in total. The Hall–Kier alpha value is -1.67. The van der Waals surface area contributed by atoms with Crippen LogP contribution >= 0.6 is 0 Å². The van der Waals surface area contributed by atoms with E-state index in [0.29, 0.717) is 18.4 Å². The predicted octanol–water partition coefficient (Wildman–Crippen LogP) is 1.67. The van der Waals surface area contributed by atoms with Gasteiger partial charge in [-0.15, -0.1) is 0 Å². The third-order valence-corrected chi connectivity index (χ3v) is 5.17. The van der Waals surface area contributed by atoms with Crippen LogP contribution in [-0.2, 0) is 18.9 Å². The molecule has 0 spiro atoms. The van der Waals surface area contributed by atoms with Crippen molar-refractivity contribution in [2.24, 2.45) is 11.8 Å². The number of phenols is 1. The number of esters is 1. The normalized spacial score (nSPS) is 37.5. The second-order valence-electron chi connectivity index (χ2n) is 6.88. The topological polar surface area (TPSA) is 94.5 Å². The van der Waals surface area contributed by atoms with Crippen LogP contribution in [0, 0.1) is 11.8 Å². The van der Waals surface area contributed by atoms with Gasteiger partial charge in [-0.25, -0.2) is 4.79 Å². The number of carbonyl (C=O) groups excluding carboxylic acids is 1. The summed E-state index contributed by atoms with van der Waals surface area (Å²) in [5.41, 5.74) is -0.733. The Morgan fingerprint density at radius 2 is 1.92 bits per heavy atom. The van der Waals surface area contributed by atoms with Crippen LogP contribution < -0.4 is 0 Å². The molecule has 0 amide bonds. The highest BCUT2D eigenvalue weighted by Crippen LogP contribution is 2.50. The smallest absolute Gasteiger partial charge is 0.338 e. The highest BCUT2D eigenvalue weighted by Gasteiger charge is 2.58. The van der Waals surface area contributed by atoms with Crippen molar-refractivity contribution in [1.29, 1.82) is 0 Å². The summed E-state index contributed by atoms with van der Waals surface area (Å²) in [6.45, 7) is 1.71. The summed E-state index contributed by atoms with van der Waals surface area (Å²) in [5, 5.41) is 20.1. The molecular formula is C18H24O7. The lowest BCUT2D eigenvalue weighted by molar-refractivity contribution is -0.301. The van der Waals surface area contributed by atoms with Gasteiger partial charge in [0.2, 0.25) is 0 Å². The lowest BCUT2D eigenvalue weighted by Crippen LogP contribution is -2.49. The fraction of sp³-hybridized carbons (Fsp3) is 0.611. The van der Waals surface area contributed by atoms with Crippen molar-refractivity contribution < 1.29 is 34.0 Å². The van der Waals surface area contributed by atoms with E-state index >= 15 is 0 Å². The van der Waals surface area contributed by atoms with Crippen molar-refractivity contribution in [2.45, 2.75) is 44.1 Å². The number of methoxy groups -OCH3 is 2. The van der Waals surface area contributed by atoms with Crippen molar-refractivity contribution in [3.05, 3.63) is 29.8 Å². The standard InChI is InChI=1S/C18H24O7/c1-18(21)9-13(24-16(20)10-4-6-11(19)7-5-10)12-8-14(22-2)25-17(23-3)15(12)18/h4-7,12-15,17,19,21H,8-9H2,1-3H3. The molecule has 0 bridgehead atoms. The molecule has 6 unspecified atom stereocenters. The molecule has 2 aliphatic rings. The molecule has 1 aromatic rings. The highest BCUT2D eigenvalue weighted by atomic mass is 16.8. The van der Waals surface area contributed by atoms with Gasteiger partial charge >= 0.3 is 5.97 Å². The number of hydrogen-bond acceptors (Lipinski definition) is 7. The molecule has 0 radical (unpaired) electrons. The Labute approximate surface area is 146 Å². The van der Waals surface area contributed by atoms with Crippen LogP contribution in [0.15, 0.2) is 24.3 Å². The van der Waals surface area contributed by atoms with E-state index in [0.717, 1.165) is 0 Å². The molecule has 138 valence electrons. The monoisotopic (exact) mass is 352 g/mol. The molecule has 1 saturated heterocycles.